The van der Waals surface area contributed by atoms with Gasteiger partial charge in [0, 0.05) is 18.6 Å². The van der Waals surface area contributed by atoms with Crippen molar-refractivity contribution < 1.29 is 9.84 Å². The first kappa shape index (κ1) is 19.2. The van der Waals surface area contributed by atoms with E-state index in [1.807, 2.05) is 6.20 Å². The summed E-state index contributed by atoms with van der Waals surface area (Å²) in [5, 5.41) is 13.9. The summed E-state index contributed by atoms with van der Waals surface area (Å²) in [7, 11) is 2.18. The quantitative estimate of drug-likeness (QED) is 0.787. The molecule has 0 saturated carbocycles. The summed E-state index contributed by atoms with van der Waals surface area (Å²) in [5.41, 5.74) is 1.81. The monoisotopic (exact) mass is 418 g/mol. The Bertz CT molecular complexity index is 895. The lowest BCUT2D eigenvalue weighted by atomic mass is 9.77. The van der Waals surface area contributed by atoms with Gasteiger partial charge in [-0.2, -0.15) is 0 Å². The average Bonchev–Trinajstić information content (AvgIpc) is 3.29. The molecule has 9 heteroatoms. The first-order valence-electron chi connectivity index (χ1n) is 10.4. The van der Waals surface area contributed by atoms with E-state index < -0.39 is 6.10 Å². The molecular formula is C20H27ClN6O2. The van der Waals surface area contributed by atoms with E-state index >= 15 is 0 Å². The number of aliphatic hydroxyl groups is 1. The molecule has 2 saturated heterocycles. The van der Waals surface area contributed by atoms with E-state index in [2.05, 4.69) is 26.8 Å². The summed E-state index contributed by atoms with van der Waals surface area (Å²) < 4.78 is 7.58. The first-order valence-corrected chi connectivity index (χ1v) is 10.7. The number of imidazole rings is 1. The van der Waals surface area contributed by atoms with Gasteiger partial charge in [0.15, 0.2) is 0 Å². The molecule has 0 bridgehead atoms. The topological polar surface area (TPSA) is 88.3 Å². The van der Waals surface area contributed by atoms with Crippen molar-refractivity contribution in [3.8, 4) is 11.4 Å². The Morgan fingerprint density at radius 1 is 1.21 bits per heavy atom. The van der Waals surface area contributed by atoms with Crippen molar-refractivity contribution in [2.75, 3.05) is 38.7 Å². The van der Waals surface area contributed by atoms with Crippen molar-refractivity contribution in [1.82, 2.24) is 24.4 Å². The number of nitrogens with one attached hydrogen (secondary N) is 1. The minimum absolute atomic E-state index is 0.128. The van der Waals surface area contributed by atoms with Crippen LogP contribution in [0.2, 0.25) is 5.02 Å². The SMILES string of the molecule is CN1CCC2(CC1)CCn1c(-c3nc(N[C@@H]4CCOC[C@H]4O)ncc3Cl)cnc12. The lowest BCUT2D eigenvalue weighted by Gasteiger charge is -2.36. The van der Waals surface area contributed by atoms with Crippen molar-refractivity contribution in [1.29, 1.82) is 0 Å². The predicted molar refractivity (Wildman–Crippen MR) is 110 cm³/mol. The van der Waals surface area contributed by atoms with E-state index in [0.29, 0.717) is 36.3 Å². The Balaban J connectivity index is 1.43. The van der Waals surface area contributed by atoms with Crippen LogP contribution in [0.5, 0.6) is 0 Å². The van der Waals surface area contributed by atoms with Crippen LogP contribution in [-0.2, 0) is 16.7 Å². The molecule has 5 rings (SSSR count). The number of hydrogen-bond acceptors (Lipinski definition) is 7. The molecule has 0 amide bonds. The number of ether oxygens (including phenoxy) is 1. The molecule has 2 aromatic heterocycles. The Morgan fingerprint density at radius 2 is 2.00 bits per heavy atom. The number of nitrogens with zero attached hydrogens (tertiary/aromatic N) is 5. The van der Waals surface area contributed by atoms with Crippen LogP contribution in [0.3, 0.4) is 0 Å². The van der Waals surface area contributed by atoms with Gasteiger partial charge in [-0.05, 0) is 45.8 Å². The molecule has 0 aromatic carbocycles. The first-order chi connectivity index (χ1) is 14.1. The fourth-order valence-corrected chi connectivity index (χ4v) is 5.03. The van der Waals surface area contributed by atoms with E-state index in [-0.39, 0.29) is 11.5 Å². The molecule has 156 valence electrons. The predicted octanol–water partition coefficient (Wildman–Crippen LogP) is 1.92. The highest BCUT2D eigenvalue weighted by Crippen LogP contribution is 2.44. The number of rotatable bonds is 3. The Kier molecular flexibility index (Phi) is 4.98. The third-order valence-corrected chi connectivity index (χ3v) is 6.99. The second-order valence-corrected chi connectivity index (χ2v) is 8.93. The van der Waals surface area contributed by atoms with Crippen molar-refractivity contribution in [3.05, 3.63) is 23.2 Å². The molecule has 5 heterocycles. The van der Waals surface area contributed by atoms with Crippen molar-refractivity contribution in [2.45, 2.75) is 49.8 Å². The van der Waals surface area contributed by atoms with Crippen LogP contribution in [0, 0.1) is 0 Å². The number of likely N-dealkylation sites (tertiary alicyclic amines) is 1. The van der Waals surface area contributed by atoms with Gasteiger partial charge >= 0.3 is 0 Å². The molecule has 2 aromatic rings. The number of aromatic nitrogens is 4. The lowest BCUT2D eigenvalue weighted by Crippen LogP contribution is -2.42. The van der Waals surface area contributed by atoms with Gasteiger partial charge in [0.1, 0.15) is 11.5 Å². The highest BCUT2D eigenvalue weighted by Gasteiger charge is 2.43. The summed E-state index contributed by atoms with van der Waals surface area (Å²) >= 11 is 6.49. The van der Waals surface area contributed by atoms with Gasteiger partial charge in [-0.15, -0.1) is 0 Å². The van der Waals surface area contributed by atoms with Crippen LogP contribution >= 0.6 is 11.6 Å². The second-order valence-electron chi connectivity index (χ2n) is 8.52. The van der Waals surface area contributed by atoms with E-state index in [4.69, 9.17) is 26.3 Å². The third kappa shape index (κ3) is 3.42. The number of halogens is 1. The molecule has 0 unspecified atom stereocenters. The fourth-order valence-electron chi connectivity index (χ4n) is 4.85. The maximum absolute atomic E-state index is 10.1. The summed E-state index contributed by atoms with van der Waals surface area (Å²) in [6.45, 7) is 4.10. The number of anilines is 1. The summed E-state index contributed by atoms with van der Waals surface area (Å²) in [6, 6.07) is -0.128. The van der Waals surface area contributed by atoms with Crippen molar-refractivity contribution in [3.63, 3.8) is 0 Å². The maximum Gasteiger partial charge on any atom is 0.223 e. The zero-order valence-corrected chi connectivity index (χ0v) is 17.4. The molecule has 0 aliphatic carbocycles. The molecule has 3 aliphatic heterocycles. The Hall–Kier alpha value is -1.74. The van der Waals surface area contributed by atoms with Gasteiger partial charge in [0.2, 0.25) is 5.95 Å². The lowest BCUT2D eigenvalue weighted by molar-refractivity contribution is -0.0136. The van der Waals surface area contributed by atoms with Crippen LogP contribution in [0.1, 0.15) is 31.5 Å². The van der Waals surface area contributed by atoms with Crippen LogP contribution in [0.25, 0.3) is 11.4 Å². The molecule has 0 radical (unpaired) electrons. The molecule has 2 fully saturated rings. The van der Waals surface area contributed by atoms with E-state index in [1.165, 1.54) is 5.82 Å². The Labute approximate surface area is 175 Å². The van der Waals surface area contributed by atoms with Crippen molar-refractivity contribution >= 4 is 17.5 Å². The number of piperidine rings is 1. The van der Waals surface area contributed by atoms with E-state index in [0.717, 1.165) is 44.6 Å². The highest BCUT2D eigenvalue weighted by atomic mass is 35.5. The molecule has 29 heavy (non-hydrogen) atoms. The summed E-state index contributed by atoms with van der Waals surface area (Å²) in [6.07, 6.45) is 7.07. The van der Waals surface area contributed by atoms with Gasteiger partial charge < -0.3 is 24.6 Å². The minimum Gasteiger partial charge on any atom is -0.389 e. The van der Waals surface area contributed by atoms with Gasteiger partial charge in [0.25, 0.3) is 0 Å². The molecular weight excluding hydrogens is 392 g/mol. The normalized spacial score (nSPS) is 26.6. The van der Waals surface area contributed by atoms with Gasteiger partial charge in [-0.3, -0.25) is 0 Å². The fraction of sp³-hybridized carbons (Fsp3) is 0.650. The van der Waals surface area contributed by atoms with Crippen LogP contribution in [0.15, 0.2) is 12.4 Å². The highest BCUT2D eigenvalue weighted by molar-refractivity contribution is 6.32. The maximum atomic E-state index is 10.1. The van der Waals surface area contributed by atoms with Crippen LogP contribution < -0.4 is 5.32 Å². The molecule has 8 nitrogen and oxygen atoms in total. The number of hydrogen-bond donors (Lipinski definition) is 2. The van der Waals surface area contributed by atoms with E-state index in [9.17, 15) is 5.11 Å². The van der Waals surface area contributed by atoms with Gasteiger partial charge in [-0.25, -0.2) is 15.0 Å². The molecule has 3 aliphatic rings. The largest absolute Gasteiger partial charge is 0.389 e. The van der Waals surface area contributed by atoms with Gasteiger partial charge in [-0.1, -0.05) is 11.6 Å². The minimum atomic E-state index is -0.574. The van der Waals surface area contributed by atoms with Crippen molar-refractivity contribution in [2.24, 2.45) is 0 Å². The molecule has 2 atom stereocenters. The smallest absolute Gasteiger partial charge is 0.223 e. The number of aliphatic hydroxyl groups excluding tert-OH is 1. The third-order valence-electron chi connectivity index (χ3n) is 6.72. The van der Waals surface area contributed by atoms with Gasteiger partial charge in [0.05, 0.1) is 41.9 Å². The summed E-state index contributed by atoms with van der Waals surface area (Å²) in [5.74, 6) is 1.64. The Morgan fingerprint density at radius 3 is 2.79 bits per heavy atom. The standard InChI is InChI=1S/C20H27ClN6O2/c1-26-6-3-20(4-7-26)5-8-27-15(11-22-18(20)27)17-13(21)10-23-19(25-17)24-14-2-9-29-12-16(14)28/h10-11,14,16,28H,2-9,12H2,1H3,(H,23,24,25)/t14-,16-/m1/s1. The van der Waals surface area contributed by atoms with Crippen LogP contribution in [-0.4, -0.2) is 75.0 Å². The average molecular weight is 419 g/mol. The number of fused-ring (bicyclic) bond motifs is 2. The zero-order chi connectivity index (χ0) is 20.0. The van der Waals surface area contributed by atoms with Crippen LogP contribution in [0.4, 0.5) is 5.95 Å². The molecule has 1 spiro atoms. The molecule has 2 N–H and O–H groups in total. The summed E-state index contributed by atoms with van der Waals surface area (Å²) in [4.78, 5) is 16.2. The van der Waals surface area contributed by atoms with E-state index in [1.54, 1.807) is 6.20 Å². The second kappa shape index (κ2) is 7.50. The zero-order valence-electron chi connectivity index (χ0n) is 16.6.